The van der Waals surface area contributed by atoms with Gasteiger partial charge >= 0.3 is 5.97 Å². The van der Waals surface area contributed by atoms with Crippen molar-refractivity contribution in [2.45, 2.75) is 0 Å². The molecule has 0 amide bonds. The van der Waals surface area contributed by atoms with Crippen LogP contribution in [0.1, 0.15) is 10.5 Å². The van der Waals surface area contributed by atoms with E-state index in [4.69, 9.17) is 28.3 Å². The third-order valence-electron chi connectivity index (χ3n) is 2.19. The molecular formula is C11H6BrCl2NO2. The molecule has 0 aliphatic heterocycles. The van der Waals surface area contributed by atoms with E-state index in [1.807, 2.05) is 0 Å². The first-order valence-electron chi connectivity index (χ1n) is 4.55. The van der Waals surface area contributed by atoms with E-state index in [0.717, 1.165) is 0 Å². The monoisotopic (exact) mass is 333 g/mol. The number of halogens is 3. The summed E-state index contributed by atoms with van der Waals surface area (Å²) < 4.78 is 2.18. The highest BCUT2D eigenvalue weighted by Crippen LogP contribution is 2.27. The van der Waals surface area contributed by atoms with Gasteiger partial charge in [-0.15, -0.1) is 0 Å². The maximum absolute atomic E-state index is 11.0. The van der Waals surface area contributed by atoms with Crippen LogP contribution in [0.5, 0.6) is 0 Å². The second-order valence-corrected chi connectivity index (χ2v) is 5.02. The van der Waals surface area contributed by atoms with Crippen molar-refractivity contribution >= 4 is 45.1 Å². The first-order chi connectivity index (χ1) is 7.99. The van der Waals surface area contributed by atoms with E-state index in [2.05, 4.69) is 15.9 Å². The molecule has 17 heavy (non-hydrogen) atoms. The Morgan fingerprint density at radius 2 is 2.00 bits per heavy atom. The van der Waals surface area contributed by atoms with Gasteiger partial charge in [-0.3, -0.25) is 0 Å². The summed E-state index contributed by atoms with van der Waals surface area (Å²) >= 11 is 15.0. The molecule has 1 heterocycles. The van der Waals surface area contributed by atoms with Gasteiger partial charge in [0.05, 0.1) is 10.0 Å². The van der Waals surface area contributed by atoms with Crippen molar-refractivity contribution in [2.75, 3.05) is 0 Å². The first kappa shape index (κ1) is 12.5. The largest absolute Gasteiger partial charge is 0.477 e. The quantitative estimate of drug-likeness (QED) is 0.892. The fourth-order valence-electron chi connectivity index (χ4n) is 1.44. The van der Waals surface area contributed by atoms with Gasteiger partial charge < -0.3 is 9.67 Å². The molecule has 6 heteroatoms. The van der Waals surface area contributed by atoms with Crippen LogP contribution < -0.4 is 0 Å². The second kappa shape index (κ2) is 4.72. The van der Waals surface area contributed by atoms with Crippen molar-refractivity contribution < 1.29 is 9.90 Å². The summed E-state index contributed by atoms with van der Waals surface area (Å²) in [5, 5.41) is 9.98. The molecule has 0 unspecified atom stereocenters. The summed E-state index contributed by atoms with van der Waals surface area (Å²) in [6.07, 6.45) is 1.54. The van der Waals surface area contributed by atoms with Crippen molar-refractivity contribution in [1.29, 1.82) is 0 Å². The Hall–Kier alpha value is -0.970. The summed E-state index contributed by atoms with van der Waals surface area (Å²) in [7, 11) is 0. The SMILES string of the molecule is O=C(O)c1cc(Cl)cn1-c1ccc(Cl)c(Br)c1. The lowest BCUT2D eigenvalue weighted by molar-refractivity contribution is 0.0688. The Bertz CT molecular complexity index is 595. The van der Waals surface area contributed by atoms with E-state index in [9.17, 15) is 4.79 Å². The zero-order valence-corrected chi connectivity index (χ0v) is 11.4. The fourth-order valence-corrected chi connectivity index (χ4v) is 2.13. The molecule has 3 nitrogen and oxygen atoms in total. The molecule has 2 rings (SSSR count). The summed E-state index contributed by atoms with van der Waals surface area (Å²) in [5.74, 6) is -1.04. The van der Waals surface area contributed by atoms with Gasteiger partial charge in [-0.25, -0.2) is 4.79 Å². The van der Waals surface area contributed by atoms with Gasteiger partial charge in [0.2, 0.25) is 0 Å². The van der Waals surface area contributed by atoms with Crippen LogP contribution in [0, 0.1) is 0 Å². The average molecular weight is 335 g/mol. The zero-order chi connectivity index (χ0) is 12.6. The number of hydrogen-bond acceptors (Lipinski definition) is 1. The lowest BCUT2D eigenvalue weighted by Gasteiger charge is -2.07. The number of hydrogen-bond donors (Lipinski definition) is 1. The normalized spacial score (nSPS) is 10.5. The number of rotatable bonds is 2. The molecule has 0 atom stereocenters. The van der Waals surface area contributed by atoms with Gasteiger partial charge in [-0.05, 0) is 40.2 Å². The highest BCUT2D eigenvalue weighted by atomic mass is 79.9. The van der Waals surface area contributed by atoms with Crippen molar-refractivity contribution in [1.82, 2.24) is 4.57 Å². The highest BCUT2D eigenvalue weighted by molar-refractivity contribution is 9.10. The minimum atomic E-state index is -1.04. The van der Waals surface area contributed by atoms with Crippen molar-refractivity contribution in [3.8, 4) is 5.69 Å². The predicted molar refractivity (Wildman–Crippen MR) is 70.4 cm³/mol. The highest BCUT2D eigenvalue weighted by Gasteiger charge is 2.13. The van der Waals surface area contributed by atoms with Gasteiger partial charge in [0.1, 0.15) is 5.69 Å². The molecule has 0 saturated heterocycles. The summed E-state index contributed by atoms with van der Waals surface area (Å²) in [6.45, 7) is 0. The molecule has 88 valence electrons. The molecule has 0 saturated carbocycles. The molecule has 0 spiro atoms. The maximum atomic E-state index is 11.0. The van der Waals surface area contributed by atoms with Gasteiger partial charge in [-0.2, -0.15) is 0 Å². The fraction of sp³-hybridized carbons (Fsp3) is 0. The predicted octanol–water partition coefficient (Wildman–Crippen LogP) is 4.24. The lowest BCUT2D eigenvalue weighted by atomic mass is 10.3. The minimum absolute atomic E-state index is 0.101. The molecular weight excluding hydrogens is 329 g/mol. The first-order valence-corrected chi connectivity index (χ1v) is 6.10. The van der Waals surface area contributed by atoms with E-state index in [1.165, 1.54) is 10.6 Å². The smallest absolute Gasteiger partial charge is 0.352 e. The maximum Gasteiger partial charge on any atom is 0.352 e. The van der Waals surface area contributed by atoms with E-state index in [0.29, 0.717) is 20.2 Å². The van der Waals surface area contributed by atoms with Crippen LogP contribution in [-0.4, -0.2) is 15.6 Å². The third-order valence-corrected chi connectivity index (χ3v) is 3.61. The van der Waals surface area contributed by atoms with Crippen LogP contribution in [0.15, 0.2) is 34.9 Å². The molecule has 0 aliphatic rings. The molecule has 1 aromatic carbocycles. The standard InChI is InChI=1S/C11H6BrCl2NO2/c12-8-4-7(1-2-9(8)14)15-5-6(13)3-10(15)11(16)17/h1-5H,(H,16,17). The number of carboxylic acids is 1. The topological polar surface area (TPSA) is 42.2 Å². The van der Waals surface area contributed by atoms with Crippen LogP contribution in [0.2, 0.25) is 10.0 Å². The number of nitrogens with zero attached hydrogens (tertiary/aromatic N) is 1. The van der Waals surface area contributed by atoms with Gasteiger partial charge in [0, 0.05) is 16.4 Å². The van der Waals surface area contributed by atoms with Crippen LogP contribution in [0.3, 0.4) is 0 Å². The molecule has 0 fully saturated rings. The Balaban J connectivity index is 2.59. The Morgan fingerprint density at radius 3 is 2.59 bits per heavy atom. The van der Waals surface area contributed by atoms with E-state index in [1.54, 1.807) is 24.4 Å². The van der Waals surface area contributed by atoms with Crippen molar-refractivity contribution in [3.05, 3.63) is 50.7 Å². The third kappa shape index (κ3) is 2.49. The van der Waals surface area contributed by atoms with Gasteiger partial charge in [0.25, 0.3) is 0 Å². The minimum Gasteiger partial charge on any atom is -0.477 e. The number of carbonyl (C=O) groups is 1. The van der Waals surface area contributed by atoms with Gasteiger partial charge in [-0.1, -0.05) is 23.2 Å². The molecule has 0 bridgehead atoms. The lowest BCUT2D eigenvalue weighted by Crippen LogP contribution is -2.05. The molecule has 2 aromatic rings. The molecule has 1 N–H and O–H groups in total. The number of carboxylic acid groups (broad SMARTS) is 1. The average Bonchev–Trinajstić information content (AvgIpc) is 2.64. The van der Waals surface area contributed by atoms with Crippen LogP contribution in [0.25, 0.3) is 5.69 Å². The summed E-state index contributed by atoms with van der Waals surface area (Å²) in [4.78, 5) is 11.0. The second-order valence-electron chi connectivity index (χ2n) is 3.32. The van der Waals surface area contributed by atoms with E-state index >= 15 is 0 Å². The Kier molecular flexibility index (Phi) is 3.47. The molecule has 1 aromatic heterocycles. The summed E-state index contributed by atoms with van der Waals surface area (Å²) in [5.41, 5.74) is 0.773. The number of aromatic nitrogens is 1. The zero-order valence-electron chi connectivity index (χ0n) is 8.32. The van der Waals surface area contributed by atoms with Crippen LogP contribution >= 0.6 is 39.1 Å². The van der Waals surface area contributed by atoms with Crippen molar-refractivity contribution in [3.63, 3.8) is 0 Å². The van der Waals surface area contributed by atoms with Gasteiger partial charge in [0.15, 0.2) is 0 Å². The number of benzene rings is 1. The molecule has 0 aliphatic carbocycles. The molecule has 0 radical (unpaired) electrons. The van der Waals surface area contributed by atoms with Crippen LogP contribution in [-0.2, 0) is 0 Å². The Labute approximate surface area is 116 Å². The van der Waals surface area contributed by atoms with E-state index < -0.39 is 5.97 Å². The van der Waals surface area contributed by atoms with E-state index in [-0.39, 0.29) is 5.69 Å². The number of aromatic carboxylic acids is 1. The van der Waals surface area contributed by atoms with Crippen LogP contribution in [0.4, 0.5) is 0 Å². The Morgan fingerprint density at radius 1 is 1.29 bits per heavy atom. The van der Waals surface area contributed by atoms with Crippen molar-refractivity contribution in [2.24, 2.45) is 0 Å². The summed E-state index contributed by atoms with van der Waals surface area (Å²) in [6, 6.07) is 6.52.